The predicted octanol–water partition coefficient (Wildman–Crippen LogP) is 3.91. The van der Waals surface area contributed by atoms with E-state index in [1.807, 2.05) is 30.3 Å². The highest BCUT2D eigenvalue weighted by Crippen LogP contribution is 2.55. The van der Waals surface area contributed by atoms with Gasteiger partial charge in [0, 0.05) is 29.3 Å². The van der Waals surface area contributed by atoms with E-state index in [2.05, 4.69) is 11.6 Å². The molecule has 0 bridgehead atoms. The number of aliphatic imine (C=N–C) groups is 1. The highest BCUT2D eigenvalue weighted by atomic mass is 35.5. The fourth-order valence-electron chi connectivity index (χ4n) is 4.10. The molecule has 1 atom stereocenters. The molecular weight excluding hydrogens is 412 g/mol. The smallest absolute Gasteiger partial charge is 0.246 e. The molecule has 6 nitrogen and oxygen atoms in total. The maximum absolute atomic E-state index is 13.8. The molecule has 8 heteroatoms. The van der Waals surface area contributed by atoms with Gasteiger partial charge in [-0.25, -0.2) is 0 Å². The van der Waals surface area contributed by atoms with Crippen LogP contribution in [-0.4, -0.2) is 37.4 Å². The van der Waals surface area contributed by atoms with Crippen LogP contribution in [0.4, 0.5) is 5.69 Å². The van der Waals surface area contributed by atoms with Crippen molar-refractivity contribution < 1.29 is 19.0 Å². The molecule has 5 rings (SSSR count). The molecule has 2 aromatic carbocycles. The Balaban J connectivity index is 1.59. The quantitative estimate of drug-likeness (QED) is 0.548. The molecule has 1 spiro atoms. The second-order valence-electron chi connectivity index (χ2n) is 6.92. The number of ether oxygens (including phenoxy) is 3. The van der Waals surface area contributed by atoms with Gasteiger partial charge in [-0.15, -0.1) is 0 Å². The Bertz CT molecular complexity index is 1090. The summed E-state index contributed by atoms with van der Waals surface area (Å²) in [4.78, 5) is 20.2. The van der Waals surface area contributed by atoms with Gasteiger partial charge in [0.15, 0.2) is 16.0 Å². The molecule has 1 amide bonds. The number of anilines is 1. The third-order valence-electron chi connectivity index (χ3n) is 5.38. The minimum Gasteiger partial charge on any atom is -0.491 e. The lowest BCUT2D eigenvalue weighted by Gasteiger charge is -2.23. The number of hydrogen-bond donors (Lipinski definition) is 0. The summed E-state index contributed by atoms with van der Waals surface area (Å²) in [5.74, 6) is 1.86. The Kier molecular flexibility index (Phi) is 4.26. The fourth-order valence-corrected chi connectivity index (χ4v) is 4.95. The molecule has 0 N–H and O–H groups in total. The van der Waals surface area contributed by atoms with Gasteiger partial charge in [0.1, 0.15) is 17.8 Å². The van der Waals surface area contributed by atoms with Crippen LogP contribution in [0.3, 0.4) is 0 Å². The average molecular weight is 429 g/mol. The van der Waals surface area contributed by atoms with Crippen LogP contribution in [-0.2, 0) is 10.2 Å². The van der Waals surface area contributed by atoms with Crippen molar-refractivity contribution in [3.05, 3.63) is 59.0 Å². The molecule has 0 aliphatic carbocycles. The molecule has 3 aliphatic rings. The highest BCUT2D eigenvalue weighted by molar-refractivity contribution is 8.19. The van der Waals surface area contributed by atoms with Crippen LogP contribution in [0, 0.1) is 0 Å². The van der Waals surface area contributed by atoms with E-state index in [0.29, 0.717) is 28.3 Å². The summed E-state index contributed by atoms with van der Waals surface area (Å²) < 4.78 is 17.4. The summed E-state index contributed by atoms with van der Waals surface area (Å²) in [5, 5.41) is 0. The highest BCUT2D eigenvalue weighted by Gasteiger charge is 2.57. The number of thioether (sulfide) groups is 1. The van der Waals surface area contributed by atoms with Crippen molar-refractivity contribution >= 4 is 39.5 Å². The van der Waals surface area contributed by atoms with Crippen molar-refractivity contribution in [1.82, 2.24) is 0 Å². The van der Waals surface area contributed by atoms with Gasteiger partial charge in [-0.3, -0.25) is 9.79 Å². The Morgan fingerprint density at radius 1 is 1.21 bits per heavy atom. The first-order valence-corrected chi connectivity index (χ1v) is 10.2. The minimum atomic E-state index is -0.916. The van der Waals surface area contributed by atoms with E-state index in [9.17, 15) is 4.79 Å². The Labute approximate surface area is 177 Å². The van der Waals surface area contributed by atoms with E-state index in [4.69, 9.17) is 25.8 Å². The van der Waals surface area contributed by atoms with Crippen LogP contribution < -0.4 is 19.1 Å². The van der Waals surface area contributed by atoms with Crippen LogP contribution in [0.15, 0.2) is 52.9 Å². The second-order valence-corrected chi connectivity index (χ2v) is 8.67. The number of rotatable bonds is 3. The second kappa shape index (κ2) is 6.71. The molecule has 2 aromatic rings. The van der Waals surface area contributed by atoms with Crippen molar-refractivity contribution in [3.8, 4) is 17.2 Å². The maximum atomic E-state index is 13.8. The zero-order valence-electron chi connectivity index (χ0n) is 15.6. The first-order valence-electron chi connectivity index (χ1n) is 9.01. The van der Waals surface area contributed by atoms with E-state index >= 15 is 0 Å². The van der Waals surface area contributed by atoms with Gasteiger partial charge in [-0.1, -0.05) is 48.1 Å². The number of carbonyl (C=O) groups excluding carboxylic acids is 1. The molecule has 0 saturated heterocycles. The number of nitrogens with zero attached hydrogens (tertiary/aromatic N) is 2. The lowest BCUT2D eigenvalue weighted by Crippen LogP contribution is -2.43. The van der Waals surface area contributed by atoms with Crippen molar-refractivity contribution in [3.63, 3.8) is 0 Å². The van der Waals surface area contributed by atoms with Gasteiger partial charge in [0.25, 0.3) is 0 Å². The van der Waals surface area contributed by atoms with Gasteiger partial charge < -0.3 is 19.1 Å². The van der Waals surface area contributed by atoms with Crippen molar-refractivity contribution in [2.75, 3.05) is 31.9 Å². The molecular formula is C21H17ClN2O4S. The lowest BCUT2D eigenvalue weighted by atomic mass is 9.77. The average Bonchev–Trinajstić information content (AvgIpc) is 3.39. The summed E-state index contributed by atoms with van der Waals surface area (Å²) in [6.07, 6.45) is 0. The number of carbonyl (C=O) groups is 1. The number of hydrogen-bond acceptors (Lipinski definition) is 6. The first-order chi connectivity index (χ1) is 14.0. The van der Waals surface area contributed by atoms with Crippen molar-refractivity contribution in [2.24, 2.45) is 4.99 Å². The van der Waals surface area contributed by atoms with E-state index < -0.39 is 5.41 Å². The molecule has 0 radical (unpaired) electrons. The lowest BCUT2D eigenvalue weighted by molar-refractivity contribution is -0.122. The van der Waals surface area contributed by atoms with Crippen LogP contribution >= 0.6 is 23.4 Å². The van der Waals surface area contributed by atoms with Gasteiger partial charge in [0.05, 0.1) is 6.54 Å². The van der Waals surface area contributed by atoms with Crippen LogP contribution in [0.25, 0.3) is 0 Å². The van der Waals surface area contributed by atoms with E-state index in [1.165, 1.54) is 11.8 Å². The molecule has 0 aromatic heterocycles. The Morgan fingerprint density at radius 2 is 1.97 bits per heavy atom. The number of halogens is 1. The van der Waals surface area contributed by atoms with Crippen LogP contribution in [0.1, 0.15) is 11.1 Å². The number of benzene rings is 2. The molecule has 148 valence electrons. The largest absolute Gasteiger partial charge is 0.491 e. The topological polar surface area (TPSA) is 60.4 Å². The van der Waals surface area contributed by atoms with E-state index in [1.54, 1.807) is 18.0 Å². The summed E-state index contributed by atoms with van der Waals surface area (Å²) in [6, 6.07) is 11.5. The number of fused-ring (bicyclic) bond motifs is 5. The Hall–Kier alpha value is -2.64. The van der Waals surface area contributed by atoms with E-state index in [0.717, 1.165) is 21.7 Å². The summed E-state index contributed by atoms with van der Waals surface area (Å²) in [7, 11) is 1.62. The van der Waals surface area contributed by atoms with Gasteiger partial charge in [-0.2, -0.15) is 0 Å². The van der Waals surface area contributed by atoms with Crippen molar-refractivity contribution in [2.45, 2.75) is 5.41 Å². The minimum absolute atomic E-state index is 0.0531. The zero-order chi connectivity index (χ0) is 20.2. The van der Waals surface area contributed by atoms with Gasteiger partial charge in [-0.05, 0) is 17.7 Å². The number of amides is 1. The maximum Gasteiger partial charge on any atom is 0.246 e. The molecule has 29 heavy (non-hydrogen) atoms. The SMILES string of the molecule is C=C(CN1C(=O)C2(COc3cc4c(cc32)OCO4)c2ccccc21)S/C(Cl)=N\C. The molecule has 1 unspecified atom stereocenters. The van der Waals surface area contributed by atoms with Gasteiger partial charge in [0.2, 0.25) is 12.7 Å². The van der Waals surface area contributed by atoms with Crippen LogP contribution in [0.5, 0.6) is 17.2 Å². The Morgan fingerprint density at radius 3 is 2.76 bits per heavy atom. The monoisotopic (exact) mass is 428 g/mol. The third kappa shape index (κ3) is 2.64. The third-order valence-corrected chi connectivity index (χ3v) is 6.55. The summed E-state index contributed by atoms with van der Waals surface area (Å²) in [6.45, 7) is 4.78. The molecule has 3 aliphatic heterocycles. The first kappa shape index (κ1) is 18.4. The fraction of sp³-hybridized carbons (Fsp3) is 0.238. The summed E-state index contributed by atoms with van der Waals surface area (Å²) in [5.41, 5.74) is 1.64. The summed E-state index contributed by atoms with van der Waals surface area (Å²) >= 11 is 7.28. The standard InChI is InChI=1S/C21H17ClN2O4S/c1-12(29-20(22)23-2)9-24-15-6-4-3-5-13(15)21(19(24)25)10-26-16-8-18-17(7-14(16)21)27-11-28-18/h3-8H,1,9-11H2,2H3/b23-20-. The van der Waals surface area contributed by atoms with Crippen molar-refractivity contribution in [1.29, 1.82) is 0 Å². The molecule has 0 fully saturated rings. The molecule has 3 heterocycles. The van der Waals surface area contributed by atoms with Gasteiger partial charge >= 0.3 is 0 Å². The molecule has 0 saturated carbocycles. The predicted molar refractivity (Wildman–Crippen MR) is 114 cm³/mol. The van der Waals surface area contributed by atoms with Crippen LogP contribution in [0.2, 0.25) is 0 Å². The van der Waals surface area contributed by atoms with E-state index in [-0.39, 0.29) is 19.3 Å². The zero-order valence-corrected chi connectivity index (χ0v) is 17.2. The number of para-hydroxylation sites is 1. The normalized spacial score (nSPS) is 21.4.